The van der Waals surface area contributed by atoms with Crippen LogP contribution in [0.1, 0.15) is 41.8 Å². The number of hydrogen-bond donors (Lipinski definition) is 0. The van der Waals surface area contributed by atoms with Gasteiger partial charge in [-0.3, -0.25) is 4.79 Å². The molecule has 4 heteroatoms. The van der Waals surface area contributed by atoms with Crippen molar-refractivity contribution < 1.29 is 14.3 Å². The lowest BCUT2D eigenvalue weighted by Crippen LogP contribution is -2.35. The maximum atomic E-state index is 12.9. The average Bonchev–Trinajstić information content (AvgIpc) is 2.66. The molecule has 2 aromatic rings. The molecular formula is C21H25NO3. The Kier molecular flexibility index (Phi) is 5.59. The number of carbonyl (C=O) groups is 1. The number of fused-ring (bicyclic) bond motifs is 1. The second-order valence-electron chi connectivity index (χ2n) is 6.19. The van der Waals surface area contributed by atoms with E-state index in [4.69, 9.17) is 9.47 Å². The van der Waals surface area contributed by atoms with Crippen molar-refractivity contribution in [1.29, 1.82) is 0 Å². The first kappa shape index (κ1) is 17.3. The Hall–Kier alpha value is -2.49. The summed E-state index contributed by atoms with van der Waals surface area (Å²) in [6.07, 6.45) is 1.83. The van der Waals surface area contributed by atoms with Gasteiger partial charge in [-0.15, -0.1) is 0 Å². The summed E-state index contributed by atoms with van der Waals surface area (Å²) in [6.45, 7) is 6.57. The molecular weight excluding hydrogens is 314 g/mol. The summed E-state index contributed by atoms with van der Waals surface area (Å²) >= 11 is 0. The van der Waals surface area contributed by atoms with E-state index in [1.165, 1.54) is 11.1 Å². The monoisotopic (exact) mass is 339 g/mol. The Bertz CT molecular complexity index is 742. The van der Waals surface area contributed by atoms with Crippen LogP contribution >= 0.6 is 0 Å². The minimum atomic E-state index is 0.0393. The average molecular weight is 339 g/mol. The van der Waals surface area contributed by atoms with Gasteiger partial charge >= 0.3 is 0 Å². The largest absolute Gasteiger partial charge is 0.490 e. The van der Waals surface area contributed by atoms with Gasteiger partial charge in [-0.2, -0.15) is 0 Å². The molecule has 0 saturated carbocycles. The molecule has 132 valence electrons. The summed E-state index contributed by atoms with van der Waals surface area (Å²) in [5, 5.41) is 0. The number of benzene rings is 2. The maximum absolute atomic E-state index is 12.9. The summed E-state index contributed by atoms with van der Waals surface area (Å²) in [6, 6.07) is 13.8. The summed E-state index contributed by atoms with van der Waals surface area (Å²) in [5.41, 5.74) is 3.21. The minimum absolute atomic E-state index is 0.0393. The van der Waals surface area contributed by atoms with Gasteiger partial charge in [-0.25, -0.2) is 0 Å². The summed E-state index contributed by atoms with van der Waals surface area (Å²) < 4.78 is 11.4. The quantitative estimate of drug-likeness (QED) is 0.796. The van der Waals surface area contributed by atoms with Crippen LogP contribution in [0.25, 0.3) is 0 Å². The van der Waals surface area contributed by atoms with E-state index in [1.54, 1.807) is 6.07 Å². The van der Waals surface area contributed by atoms with E-state index in [9.17, 15) is 4.79 Å². The first-order valence-corrected chi connectivity index (χ1v) is 8.98. The molecule has 0 N–H and O–H groups in total. The smallest absolute Gasteiger partial charge is 0.254 e. The van der Waals surface area contributed by atoms with Crippen LogP contribution in [0, 0.1) is 0 Å². The van der Waals surface area contributed by atoms with Crippen LogP contribution in [0.15, 0.2) is 42.5 Å². The summed E-state index contributed by atoms with van der Waals surface area (Å²) in [7, 11) is 0. The van der Waals surface area contributed by atoms with Gasteiger partial charge in [-0.05, 0) is 49.1 Å². The minimum Gasteiger partial charge on any atom is -0.490 e. The van der Waals surface area contributed by atoms with Crippen LogP contribution in [0.2, 0.25) is 0 Å². The zero-order chi connectivity index (χ0) is 17.6. The highest BCUT2D eigenvalue weighted by Crippen LogP contribution is 2.30. The number of ether oxygens (including phenoxy) is 2. The molecule has 25 heavy (non-hydrogen) atoms. The van der Waals surface area contributed by atoms with Crippen LogP contribution in [0.3, 0.4) is 0 Å². The van der Waals surface area contributed by atoms with Gasteiger partial charge in [-0.1, -0.05) is 31.2 Å². The highest BCUT2D eigenvalue weighted by atomic mass is 16.5. The molecule has 0 spiro atoms. The van der Waals surface area contributed by atoms with Gasteiger partial charge in [0.25, 0.3) is 5.91 Å². The Morgan fingerprint density at radius 2 is 1.84 bits per heavy atom. The topological polar surface area (TPSA) is 38.8 Å². The van der Waals surface area contributed by atoms with E-state index >= 15 is 0 Å². The number of rotatable bonds is 6. The van der Waals surface area contributed by atoms with E-state index in [-0.39, 0.29) is 5.91 Å². The SMILES string of the molecule is CCCOc1ccc(C(=O)N2CCc3ccccc3C2)cc1OCC. The molecule has 4 nitrogen and oxygen atoms in total. The third kappa shape index (κ3) is 3.95. The fourth-order valence-corrected chi connectivity index (χ4v) is 3.09. The number of amides is 1. The molecule has 0 saturated heterocycles. The van der Waals surface area contributed by atoms with E-state index in [2.05, 4.69) is 25.1 Å². The van der Waals surface area contributed by atoms with Gasteiger partial charge in [0.05, 0.1) is 13.2 Å². The lowest BCUT2D eigenvalue weighted by Gasteiger charge is -2.29. The predicted octanol–water partition coefficient (Wildman–Crippen LogP) is 4.07. The molecule has 0 aliphatic carbocycles. The molecule has 0 aromatic heterocycles. The first-order valence-electron chi connectivity index (χ1n) is 8.98. The van der Waals surface area contributed by atoms with Crippen molar-refractivity contribution in [3.05, 3.63) is 59.2 Å². The summed E-state index contributed by atoms with van der Waals surface area (Å²) in [4.78, 5) is 14.8. The van der Waals surface area contributed by atoms with Crippen LogP contribution in [0.4, 0.5) is 0 Å². The molecule has 1 heterocycles. The fraction of sp³-hybridized carbons (Fsp3) is 0.381. The molecule has 1 aliphatic heterocycles. The van der Waals surface area contributed by atoms with E-state index < -0.39 is 0 Å². The van der Waals surface area contributed by atoms with Crippen molar-refractivity contribution in [2.75, 3.05) is 19.8 Å². The lowest BCUT2D eigenvalue weighted by molar-refractivity contribution is 0.0734. The zero-order valence-electron chi connectivity index (χ0n) is 15.0. The Labute approximate surface area is 149 Å². The van der Waals surface area contributed by atoms with Gasteiger partial charge in [0.2, 0.25) is 0 Å². The zero-order valence-corrected chi connectivity index (χ0v) is 15.0. The third-order valence-corrected chi connectivity index (χ3v) is 4.37. The second-order valence-corrected chi connectivity index (χ2v) is 6.19. The Morgan fingerprint density at radius 3 is 2.60 bits per heavy atom. The number of nitrogens with zero attached hydrogens (tertiary/aromatic N) is 1. The highest BCUT2D eigenvalue weighted by molar-refractivity contribution is 5.95. The molecule has 1 aliphatic rings. The van der Waals surface area contributed by atoms with Gasteiger partial charge < -0.3 is 14.4 Å². The summed E-state index contributed by atoms with van der Waals surface area (Å²) in [5.74, 6) is 1.38. The van der Waals surface area contributed by atoms with Crippen LogP contribution < -0.4 is 9.47 Å². The third-order valence-electron chi connectivity index (χ3n) is 4.37. The number of hydrogen-bond acceptors (Lipinski definition) is 3. The molecule has 0 fully saturated rings. The van der Waals surface area contributed by atoms with Crippen molar-refractivity contribution in [2.45, 2.75) is 33.2 Å². The van der Waals surface area contributed by atoms with E-state index in [0.717, 1.165) is 19.4 Å². The first-order chi connectivity index (χ1) is 12.2. The van der Waals surface area contributed by atoms with Crippen LogP contribution in [-0.4, -0.2) is 30.6 Å². The van der Waals surface area contributed by atoms with Gasteiger partial charge in [0.15, 0.2) is 11.5 Å². The van der Waals surface area contributed by atoms with E-state index in [0.29, 0.717) is 36.8 Å². The lowest BCUT2D eigenvalue weighted by atomic mass is 9.99. The standard InChI is InChI=1S/C21H25NO3/c1-3-13-25-19-10-9-17(14-20(19)24-4-2)21(23)22-12-11-16-7-5-6-8-18(16)15-22/h5-10,14H,3-4,11-13,15H2,1-2H3. The second kappa shape index (κ2) is 8.06. The molecule has 0 unspecified atom stereocenters. The predicted molar refractivity (Wildman–Crippen MR) is 98.3 cm³/mol. The molecule has 0 radical (unpaired) electrons. The normalized spacial score (nSPS) is 13.3. The molecule has 1 amide bonds. The molecule has 3 rings (SSSR count). The van der Waals surface area contributed by atoms with Gasteiger partial charge in [0.1, 0.15) is 0 Å². The Morgan fingerprint density at radius 1 is 1.04 bits per heavy atom. The van der Waals surface area contributed by atoms with Crippen molar-refractivity contribution >= 4 is 5.91 Å². The molecule has 0 atom stereocenters. The van der Waals surface area contributed by atoms with E-state index in [1.807, 2.05) is 30.0 Å². The molecule has 0 bridgehead atoms. The van der Waals surface area contributed by atoms with Crippen molar-refractivity contribution in [1.82, 2.24) is 4.90 Å². The fourth-order valence-electron chi connectivity index (χ4n) is 3.09. The number of carbonyl (C=O) groups excluding carboxylic acids is 1. The van der Waals surface area contributed by atoms with Gasteiger partial charge in [0, 0.05) is 18.7 Å². The highest BCUT2D eigenvalue weighted by Gasteiger charge is 2.22. The molecule has 2 aromatic carbocycles. The van der Waals surface area contributed by atoms with Crippen molar-refractivity contribution in [2.24, 2.45) is 0 Å². The Balaban J connectivity index is 1.79. The maximum Gasteiger partial charge on any atom is 0.254 e. The van der Waals surface area contributed by atoms with Crippen LogP contribution in [0.5, 0.6) is 11.5 Å². The van der Waals surface area contributed by atoms with Crippen molar-refractivity contribution in [3.8, 4) is 11.5 Å². The van der Waals surface area contributed by atoms with Crippen molar-refractivity contribution in [3.63, 3.8) is 0 Å². The van der Waals surface area contributed by atoms with Crippen LogP contribution in [-0.2, 0) is 13.0 Å².